The smallest absolute Gasteiger partial charge is 1.00 e. The normalized spacial score (nSPS) is 10.6. The fourth-order valence-electron chi connectivity index (χ4n) is 3.02. The van der Waals surface area contributed by atoms with Crippen molar-refractivity contribution in [3.8, 4) is 0 Å². The van der Waals surface area contributed by atoms with Gasteiger partial charge in [0, 0.05) is 5.56 Å². The Bertz CT molecular complexity index is 685. The third kappa shape index (κ3) is 64.1. The van der Waals surface area contributed by atoms with Crippen molar-refractivity contribution in [2.45, 2.75) is 65.8 Å². The molecule has 0 saturated heterocycles. The zero-order valence-corrected chi connectivity index (χ0v) is 35.6. The van der Waals surface area contributed by atoms with Gasteiger partial charge in [-0.3, -0.25) is 0 Å². The summed E-state index contributed by atoms with van der Waals surface area (Å²) in [5, 5.41) is 0. The van der Waals surface area contributed by atoms with Crippen molar-refractivity contribution in [3.05, 3.63) is 35.9 Å². The quantitative estimate of drug-likeness (QED) is 0.0979. The van der Waals surface area contributed by atoms with Crippen LogP contribution in [-0.4, -0.2) is 80.4 Å². The molecule has 0 fully saturated rings. The van der Waals surface area contributed by atoms with Crippen molar-refractivity contribution in [2.24, 2.45) is 0 Å². The third-order valence-electron chi connectivity index (χ3n) is 4.32. The van der Waals surface area contributed by atoms with Crippen LogP contribution in [0.3, 0.4) is 0 Å². The van der Waals surface area contributed by atoms with Crippen LogP contribution >= 0.6 is 0 Å². The molecule has 0 N–H and O–H groups in total. The number of hydrogen-bond donors (Lipinski definition) is 0. The molecule has 0 spiro atoms. The molecule has 11 heteroatoms. The molecule has 0 aliphatic heterocycles. The van der Waals surface area contributed by atoms with Crippen LogP contribution in [0.4, 0.5) is 0 Å². The predicted octanol–water partition coefficient (Wildman–Crippen LogP) is -5.34. The van der Waals surface area contributed by atoms with Gasteiger partial charge < -0.3 is 54.7 Å². The summed E-state index contributed by atoms with van der Waals surface area (Å²) >= 11 is 0. The van der Waals surface area contributed by atoms with Gasteiger partial charge in [0.1, 0.15) is 62.8 Å². The Hall–Kier alpha value is 1.94. The Morgan fingerprint density at radius 3 is 1.03 bits per heavy atom. The van der Waals surface area contributed by atoms with Gasteiger partial charge in [0.15, 0.2) is 0 Å². The van der Waals surface area contributed by atoms with E-state index in [0.29, 0.717) is 0 Å². The van der Waals surface area contributed by atoms with E-state index in [1.165, 1.54) is 74.8 Å². The molecule has 236 valence electrons. The zero-order chi connectivity index (χ0) is 28.2. The summed E-state index contributed by atoms with van der Waals surface area (Å²) in [5.41, 5.74) is 1.51. The van der Waals surface area contributed by atoms with E-state index in [0.717, 1.165) is 0 Å². The van der Waals surface area contributed by atoms with E-state index in [2.05, 4.69) is 51.1 Å². The predicted molar refractivity (Wildman–Crippen MR) is 168 cm³/mol. The maximum atomic E-state index is 10.2. The fourth-order valence-corrected chi connectivity index (χ4v) is 3.02. The Morgan fingerprint density at radius 1 is 0.590 bits per heavy atom. The van der Waals surface area contributed by atoms with E-state index in [1.54, 1.807) is 56.3 Å². The van der Waals surface area contributed by atoms with E-state index in [-0.39, 0.29) is 79.8 Å². The maximum absolute atomic E-state index is 10.2. The number of rotatable bonds is 11. The molecule has 1 aromatic carbocycles. The second-order valence-corrected chi connectivity index (χ2v) is 21.7. The van der Waals surface area contributed by atoms with Crippen LogP contribution in [0.1, 0.15) is 66.3 Å². The largest absolute Gasteiger partial charge is 1.00 e. The van der Waals surface area contributed by atoms with E-state index in [4.69, 9.17) is 0 Å². The summed E-state index contributed by atoms with van der Waals surface area (Å²) in [6.45, 7) is 12.2. The molecule has 0 aromatic heterocycles. The van der Waals surface area contributed by atoms with Gasteiger partial charge >= 0.3 is 29.6 Å². The molecule has 0 bridgehead atoms. The van der Waals surface area contributed by atoms with Gasteiger partial charge in [-0.05, 0) is 19.3 Å². The monoisotopic (exact) mass is 776 g/mol. The van der Waals surface area contributed by atoms with Crippen molar-refractivity contribution in [2.75, 3.05) is 75.9 Å². The second-order valence-electron chi connectivity index (χ2n) is 11.4. The van der Waals surface area contributed by atoms with Crippen LogP contribution in [0.5, 0.6) is 0 Å². The van der Waals surface area contributed by atoms with Gasteiger partial charge in [0.05, 0.1) is 49.4 Å². The van der Waals surface area contributed by atoms with E-state index in [1.807, 2.05) is 0 Å². The molecule has 39 heavy (non-hydrogen) atoms. The van der Waals surface area contributed by atoms with Crippen molar-refractivity contribution < 1.29 is 96.9 Å². The van der Waals surface area contributed by atoms with Gasteiger partial charge in [-0.2, -0.15) is 0 Å². The summed E-state index contributed by atoms with van der Waals surface area (Å²) < 4.78 is 31.9. The molecule has 1 rings (SSSR count). The molecule has 0 atom stereocenters. The first-order chi connectivity index (χ1) is 15.8. The van der Waals surface area contributed by atoms with Gasteiger partial charge in [0.25, 0.3) is 0 Å². The van der Waals surface area contributed by atoms with Gasteiger partial charge in [-0.25, -0.2) is 0 Å². The second kappa shape index (κ2) is 31.4. The van der Waals surface area contributed by atoms with Crippen LogP contribution < -0.4 is 78.3 Å². The molecule has 0 heterocycles. The van der Waals surface area contributed by atoms with E-state index >= 15 is 0 Å². The summed E-state index contributed by atoms with van der Waals surface area (Å²) in [7, 11) is -4.25. The molecule has 4 nitrogen and oxygen atoms in total. The molecule has 0 aliphatic carbocycles. The number of hydrogen-bond acceptors (Lipinski definition) is 3. The van der Waals surface area contributed by atoms with Crippen LogP contribution in [0.25, 0.3) is 0 Å². The summed E-state index contributed by atoms with van der Waals surface area (Å²) in [6.07, 6.45) is 23.5. The molecule has 0 aliphatic rings. The number of halogens is 3. The van der Waals surface area contributed by atoms with Crippen molar-refractivity contribution in [3.63, 3.8) is 0 Å². The minimum Gasteiger partial charge on any atom is -1.00 e. The minimum absolute atomic E-state index is 0. The maximum Gasteiger partial charge on any atom is 1.00 e. The summed E-state index contributed by atoms with van der Waals surface area (Å²) in [4.78, 5) is 0. The molecular formula is C28H62Cl2INNaO3S3+. The topological polar surface area (TPSA) is 51.2 Å². The minimum atomic E-state index is -1.42. The number of nitrogens with zero attached hydrogens (tertiary/aromatic N) is 1. The standard InChI is InChI=1S/C19H34N.3C3H9OS.2ClH.HI.Na.H/c1-4-7-15-20(16-8-5-2,17-9-6-3)18-19-13-11-10-12-14-19;3*1-5(2,3)4;;;;;/h10-14H,4-9,15-18H2,1-3H3;3*1-3H3;3*1H;;/q4*+1;;;;+1;-1/p-3. The molecule has 0 radical (unpaired) electrons. The fraction of sp³-hybridized carbons (Fsp3) is 0.786. The molecule has 0 amide bonds. The third-order valence-corrected chi connectivity index (χ3v) is 4.32. The van der Waals surface area contributed by atoms with E-state index in [9.17, 15) is 12.6 Å². The number of benzene rings is 1. The Morgan fingerprint density at radius 2 is 0.821 bits per heavy atom. The van der Waals surface area contributed by atoms with Crippen molar-refractivity contribution >= 4 is 29.8 Å². The molecule has 1 aromatic rings. The van der Waals surface area contributed by atoms with Crippen LogP contribution in [0, 0.1) is 0 Å². The van der Waals surface area contributed by atoms with Crippen LogP contribution in [0.15, 0.2) is 30.3 Å². The molecule has 0 saturated carbocycles. The summed E-state index contributed by atoms with van der Waals surface area (Å²) in [5.74, 6) is 0. The average molecular weight is 778 g/mol. The van der Waals surface area contributed by atoms with Crippen molar-refractivity contribution in [1.82, 2.24) is 0 Å². The first kappa shape index (κ1) is 56.7. The SMILES string of the molecule is CCCC[N+](CCCC)(CCCC)Cc1ccccc1.C[S+](C)(C)=O.C[S+](C)(C)=O.C[S+](C)(C)=O.[Cl-].[Cl-].[H-].[I-].[Na+]. The average Bonchev–Trinajstić information content (AvgIpc) is 2.66. The Balaban J connectivity index is -0.0000000716. The van der Waals surface area contributed by atoms with Crippen LogP contribution in [-0.2, 0) is 49.0 Å². The first-order valence-corrected chi connectivity index (χ1v) is 21.2. The van der Waals surface area contributed by atoms with Crippen LogP contribution in [0.2, 0.25) is 0 Å². The summed E-state index contributed by atoms with van der Waals surface area (Å²) in [6, 6.07) is 11.1. The van der Waals surface area contributed by atoms with E-state index < -0.39 is 29.8 Å². The van der Waals surface area contributed by atoms with Gasteiger partial charge in [-0.1, -0.05) is 70.4 Å². The number of quaternary nitrogens is 1. The number of unbranched alkanes of at least 4 members (excludes halogenated alkanes) is 3. The Labute approximate surface area is 301 Å². The molecular weight excluding hydrogens is 715 g/mol. The molecule has 0 unspecified atom stereocenters. The Kier molecular flexibility index (Phi) is 45.6. The van der Waals surface area contributed by atoms with Gasteiger partial charge in [-0.15, -0.1) is 12.6 Å². The first-order valence-electron chi connectivity index (χ1n) is 12.8. The van der Waals surface area contributed by atoms with Crippen molar-refractivity contribution in [1.29, 1.82) is 0 Å². The zero-order valence-electron chi connectivity index (χ0n) is 28.5. The van der Waals surface area contributed by atoms with Gasteiger partial charge in [0.2, 0.25) is 0 Å².